The van der Waals surface area contributed by atoms with Gasteiger partial charge in [-0.15, -0.1) is 5.10 Å². The Balaban J connectivity index is 1.42. The van der Waals surface area contributed by atoms with Crippen LogP contribution in [0.1, 0.15) is 5.56 Å². The lowest BCUT2D eigenvalue weighted by Gasteiger charge is -2.07. The molecule has 0 saturated carbocycles. The van der Waals surface area contributed by atoms with Crippen molar-refractivity contribution >= 4 is 34.5 Å². The summed E-state index contributed by atoms with van der Waals surface area (Å²) in [5.41, 5.74) is 3.48. The van der Waals surface area contributed by atoms with E-state index in [1.54, 1.807) is 46.2 Å². The molecule has 0 spiro atoms. The summed E-state index contributed by atoms with van der Waals surface area (Å²) in [5.74, 6) is 0.756. The quantitative estimate of drug-likeness (QED) is 0.450. The highest BCUT2D eigenvalue weighted by Crippen LogP contribution is 2.22. The van der Waals surface area contributed by atoms with Crippen LogP contribution in [0.25, 0.3) is 22.4 Å². The molecule has 0 aliphatic carbocycles. The van der Waals surface area contributed by atoms with Crippen molar-refractivity contribution in [3.8, 4) is 11.3 Å². The maximum absolute atomic E-state index is 13.4. The zero-order chi connectivity index (χ0) is 21.4. The minimum atomic E-state index is -0.460. The number of anilines is 2. The van der Waals surface area contributed by atoms with E-state index in [0.29, 0.717) is 29.4 Å². The first-order chi connectivity index (χ1) is 15.1. The van der Waals surface area contributed by atoms with Crippen LogP contribution in [0.15, 0.2) is 55.0 Å². The molecule has 11 heteroatoms. The summed E-state index contributed by atoms with van der Waals surface area (Å²) in [5, 5.41) is 15.7. The molecule has 0 radical (unpaired) electrons. The van der Waals surface area contributed by atoms with E-state index in [-0.39, 0.29) is 5.02 Å². The van der Waals surface area contributed by atoms with Gasteiger partial charge in [0.25, 0.3) is 0 Å². The summed E-state index contributed by atoms with van der Waals surface area (Å²) >= 11 is 5.87. The minimum Gasteiger partial charge on any atom is -0.309 e. The van der Waals surface area contributed by atoms with Crippen LogP contribution in [0.3, 0.4) is 0 Å². The Morgan fingerprint density at radius 2 is 2.00 bits per heavy atom. The molecule has 31 heavy (non-hydrogen) atoms. The van der Waals surface area contributed by atoms with Gasteiger partial charge in [0.1, 0.15) is 17.2 Å². The Morgan fingerprint density at radius 1 is 1.10 bits per heavy atom. The molecule has 154 valence electrons. The summed E-state index contributed by atoms with van der Waals surface area (Å²) < 4.78 is 16.7. The summed E-state index contributed by atoms with van der Waals surface area (Å²) in [6, 6.07) is 10.0. The zero-order valence-electron chi connectivity index (χ0n) is 16.2. The fourth-order valence-corrected chi connectivity index (χ4v) is 3.31. The van der Waals surface area contributed by atoms with E-state index in [2.05, 4.69) is 35.7 Å². The molecule has 9 nitrogen and oxygen atoms in total. The Labute approximate surface area is 180 Å². The Morgan fingerprint density at radius 3 is 2.81 bits per heavy atom. The zero-order valence-corrected chi connectivity index (χ0v) is 17.0. The second-order valence-electron chi connectivity index (χ2n) is 6.79. The highest BCUT2D eigenvalue weighted by atomic mass is 35.5. The van der Waals surface area contributed by atoms with Gasteiger partial charge in [0.05, 0.1) is 23.5 Å². The highest BCUT2D eigenvalue weighted by molar-refractivity contribution is 6.30. The molecule has 0 aliphatic rings. The average Bonchev–Trinajstić information content (AvgIpc) is 3.36. The van der Waals surface area contributed by atoms with Crippen molar-refractivity contribution in [2.24, 2.45) is 7.05 Å². The van der Waals surface area contributed by atoms with Gasteiger partial charge in [-0.25, -0.2) is 24.0 Å². The summed E-state index contributed by atoms with van der Waals surface area (Å²) in [4.78, 5) is 13.3. The number of nitrogens with one attached hydrogen (secondary N) is 1. The van der Waals surface area contributed by atoms with Gasteiger partial charge in [0.2, 0.25) is 5.95 Å². The van der Waals surface area contributed by atoms with Crippen molar-refractivity contribution in [1.29, 1.82) is 0 Å². The van der Waals surface area contributed by atoms with Crippen molar-refractivity contribution in [3.05, 3.63) is 71.4 Å². The normalized spacial score (nSPS) is 11.2. The molecule has 4 heterocycles. The molecule has 0 bridgehead atoms. The topological polar surface area (TPSA) is 99.2 Å². The lowest BCUT2D eigenvalue weighted by atomic mass is 10.2. The van der Waals surface area contributed by atoms with Gasteiger partial charge in [-0.3, -0.25) is 4.68 Å². The van der Waals surface area contributed by atoms with E-state index in [9.17, 15) is 4.39 Å². The second-order valence-corrected chi connectivity index (χ2v) is 7.20. The van der Waals surface area contributed by atoms with Gasteiger partial charge < -0.3 is 5.32 Å². The molecule has 1 N–H and O–H groups in total. The fourth-order valence-electron chi connectivity index (χ4n) is 3.11. The summed E-state index contributed by atoms with van der Waals surface area (Å²) in [7, 11) is 1.83. The minimum absolute atomic E-state index is 0.0662. The molecular formula is C20H15ClFN9. The number of halogens is 2. The third-order valence-corrected chi connectivity index (χ3v) is 4.97. The van der Waals surface area contributed by atoms with Crippen molar-refractivity contribution < 1.29 is 4.39 Å². The van der Waals surface area contributed by atoms with Gasteiger partial charge >= 0.3 is 0 Å². The standard InChI is InChI=1S/C20H15ClFN9/c1-30-18(5-7-25-30)27-20-23-6-4-16(26-20)13-9-17-19(24-10-13)31(29-28-17)11-12-2-3-15(22)14(21)8-12/h2-10H,11H2,1H3,(H,23,26,27). The van der Waals surface area contributed by atoms with Gasteiger partial charge in [0.15, 0.2) is 5.65 Å². The molecule has 0 fully saturated rings. The van der Waals surface area contributed by atoms with Gasteiger partial charge in [-0.05, 0) is 29.8 Å². The largest absolute Gasteiger partial charge is 0.309 e. The number of fused-ring (bicyclic) bond motifs is 1. The first-order valence-electron chi connectivity index (χ1n) is 9.28. The molecule has 5 aromatic rings. The molecule has 0 aliphatic heterocycles. The highest BCUT2D eigenvalue weighted by Gasteiger charge is 2.11. The third-order valence-electron chi connectivity index (χ3n) is 4.68. The number of pyridine rings is 1. The van der Waals surface area contributed by atoms with Gasteiger partial charge in [0, 0.05) is 31.1 Å². The van der Waals surface area contributed by atoms with Crippen molar-refractivity contribution in [1.82, 2.24) is 39.7 Å². The number of hydrogen-bond acceptors (Lipinski definition) is 7. The van der Waals surface area contributed by atoms with Crippen LogP contribution < -0.4 is 5.32 Å². The molecule has 5 rings (SSSR count). The number of rotatable bonds is 5. The molecule has 0 atom stereocenters. The smallest absolute Gasteiger partial charge is 0.228 e. The van der Waals surface area contributed by atoms with E-state index in [1.165, 1.54) is 6.07 Å². The number of aromatic nitrogens is 8. The summed E-state index contributed by atoms with van der Waals surface area (Å²) in [6.45, 7) is 0.370. The maximum atomic E-state index is 13.4. The van der Waals surface area contributed by atoms with Crippen molar-refractivity contribution in [2.45, 2.75) is 6.54 Å². The Kier molecular flexibility index (Phi) is 4.75. The van der Waals surface area contributed by atoms with Gasteiger partial charge in [-0.1, -0.05) is 22.9 Å². The molecule has 0 unspecified atom stereocenters. The van der Waals surface area contributed by atoms with E-state index < -0.39 is 5.82 Å². The monoisotopic (exact) mass is 435 g/mol. The molecular weight excluding hydrogens is 421 g/mol. The third kappa shape index (κ3) is 3.80. The fraction of sp³-hybridized carbons (Fsp3) is 0.100. The predicted octanol–water partition coefficient (Wildman–Crippen LogP) is 3.60. The van der Waals surface area contributed by atoms with Crippen LogP contribution in [0.4, 0.5) is 16.2 Å². The second kappa shape index (κ2) is 7.73. The van der Waals surface area contributed by atoms with Crippen LogP contribution >= 0.6 is 11.6 Å². The van der Waals surface area contributed by atoms with Gasteiger partial charge in [-0.2, -0.15) is 5.10 Å². The molecule has 0 saturated heterocycles. The van der Waals surface area contributed by atoms with E-state index in [1.807, 2.05) is 19.2 Å². The van der Waals surface area contributed by atoms with Crippen LogP contribution in [-0.4, -0.2) is 39.7 Å². The number of aryl methyl sites for hydroxylation is 1. The van der Waals surface area contributed by atoms with Crippen molar-refractivity contribution in [2.75, 3.05) is 5.32 Å². The Hall–Kier alpha value is -3.92. The molecule has 0 amide bonds. The van der Waals surface area contributed by atoms with Crippen LogP contribution in [-0.2, 0) is 13.6 Å². The first kappa shape index (κ1) is 19.1. The van der Waals surface area contributed by atoms with E-state index >= 15 is 0 Å². The lowest BCUT2D eigenvalue weighted by molar-refractivity contribution is 0.624. The maximum Gasteiger partial charge on any atom is 0.228 e. The van der Waals surface area contributed by atoms with E-state index in [0.717, 1.165) is 16.9 Å². The van der Waals surface area contributed by atoms with E-state index in [4.69, 9.17) is 11.6 Å². The first-order valence-corrected chi connectivity index (χ1v) is 9.66. The molecule has 1 aromatic carbocycles. The van der Waals surface area contributed by atoms with Crippen molar-refractivity contribution in [3.63, 3.8) is 0 Å². The molecule has 4 aromatic heterocycles. The lowest BCUT2D eigenvalue weighted by Crippen LogP contribution is -2.03. The van der Waals surface area contributed by atoms with Crippen LogP contribution in [0.5, 0.6) is 0 Å². The summed E-state index contributed by atoms with van der Waals surface area (Å²) in [6.07, 6.45) is 5.06. The number of nitrogens with zero attached hydrogens (tertiary/aromatic N) is 8. The van der Waals surface area contributed by atoms with Crippen LogP contribution in [0, 0.1) is 5.82 Å². The Bertz CT molecular complexity index is 1390. The van der Waals surface area contributed by atoms with Crippen LogP contribution in [0.2, 0.25) is 5.02 Å². The SMILES string of the molecule is Cn1nccc1Nc1nccc(-c2cnc3c(c2)nnn3Cc2ccc(F)c(Cl)c2)n1. The number of benzene rings is 1. The number of hydrogen-bond donors (Lipinski definition) is 1. The predicted molar refractivity (Wildman–Crippen MR) is 113 cm³/mol. The average molecular weight is 436 g/mol.